The van der Waals surface area contributed by atoms with Gasteiger partial charge in [0.2, 0.25) is 0 Å². The first-order chi connectivity index (χ1) is 6.90. The van der Waals surface area contributed by atoms with Gasteiger partial charge in [-0.15, -0.1) is 0 Å². The Morgan fingerprint density at radius 3 is 2.57 bits per heavy atom. The van der Waals surface area contributed by atoms with Gasteiger partial charge >= 0.3 is 0 Å². The van der Waals surface area contributed by atoms with Crippen molar-refractivity contribution in [3.05, 3.63) is 35.4 Å². The summed E-state index contributed by atoms with van der Waals surface area (Å²) < 4.78 is 5.73. The molecule has 0 bridgehead atoms. The summed E-state index contributed by atoms with van der Waals surface area (Å²) >= 11 is 3.45. The van der Waals surface area contributed by atoms with Crippen molar-refractivity contribution in [1.29, 1.82) is 0 Å². The molecule has 1 unspecified atom stereocenters. The summed E-state index contributed by atoms with van der Waals surface area (Å²) in [6, 6.07) is 8.71. The van der Waals surface area contributed by atoms with E-state index in [4.69, 9.17) is 4.74 Å². The predicted octanol–water partition coefficient (Wildman–Crippen LogP) is 3.82. The lowest BCUT2D eigenvalue weighted by atomic mass is 10.0. The van der Waals surface area contributed by atoms with E-state index in [1.807, 2.05) is 0 Å². The maximum absolute atomic E-state index is 5.73. The lowest BCUT2D eigenvalue weighted by Crippen LogP contribution is -2.11. The van der Waals surface area contributed by atoms with E-state index < -0.39 is 0 Å². The van der Waals surface area contributed by atoms with Crippen molar-refractivity contribution >= 4 is 15.9 Å². The molecule has 14 heavy (non-hydrogen) atoms. The molecule has 1 aromatic rings. The van der Waals surface area contributed by atoms with Crippen LogP contribution in [0, 0.1) is 0 Å². The number of rotatable bonds is 2. The lowest BCUT2D eigenvalue weighted by Gasteiger charge is -2.22. The Kier molecular flexibility index (Phi) is 3.60. The number of alkyl halides is 1. The van der Waals surface area contributed by atoms with Gasteiger partial charge in [-0.1, -0.05) is 40.2 Å². The molecule has 1 aliphatic rings. The van der Waals surface area contributed by atoms with Gasteiger partial charge in [0.15, 0.2) is 0 Å². The summed E-state index contributed by atoms with van der Waals surface area (Å²) in [6.45, 7) is 0.921. The van der Waals surface area contributed by atoms with E-state index in [0.717, 1.165) is 11.9 Å². The summed E-state index contributed by atoms with van der Waals surface area (Å²) in [5, 5.41) is 0.929. The number of halogens is 1. The summed E-state index contributed by atoms with van der Waals surface area (Å²) in [7, 11) is 0. The fraction of sp³-hybridized carbons (Fsp3) is 0.500. The van der Waals surface area contributed by atoms with Gasteiger partial charge in [0.1, 0.15) is 0 Å². The van der Waals surface area contributed by atoms with Crippen LogP contribution in [0.5, 0.6) is 0 Å². The molecule has 1 aromatic carbocycles. The second-order valence-corrected chi connectivity index (χ2v) is 4.29. The highest BCUT2D eigenvalue weighted by molar-refractivity contribution is 9.08. The smallest absolute Gasteiger partial charge is 0.0824 e. The Hall–Kier alpha value is -0.340. The molecule has 0 saturated carbocycles. The third-order valence-electron chi connectivity index (χ3n) is 2.69. The number of hydrogen-bond donors (Lipinski definition) is 0. The van der Waals surface area contributed by atoms with Crippen LogP contribution >= 0.6 is 15.9 Å². The van der Waals surface area contributed by atoms with Gasteiger partial charge in [-0.3, -0.25) is 0 Å². The molecule has 0 spiro atoms. The molecule has 0 radical (unpaired) electrons. The van der Waals surface area contributed by atoms with Crippen molar-refractivity contribution in [2.24, 2.45) is 0 Å². The largest absolute Gasteiger partial charge is 0.374 e. The fourth-order valence-corrected chi connectivity index (χ4v) is 2.20. The van der Waals surface area contributed by atoms with Gasteiger partial charge in [-0.2, -0.15) is 0 Å². The van der Waals surface area contributed by atoms with Gasteiger partial charge in [0.25, 0.3) is 0 Å². The van der Waals surface area contributed by atoms with E-state index in [1.54, 1.807) is 0 Å². The van der Waals surface area contributed by atoms with E-state index in [0.29, 0.717) is 6.10 Å². The van der Waals surface area contributed by atoms with Crippen molar-refractivity contribution in [3.63, 3.8) is 0 Å². The van der Waals surface area contributed by atoms with Crippen LogP contribution in [0.3, 0.4) is 0 Å². The highest BCUT2D eigenvalue weighted by Crippen LogP contribution is 2.27. The van der Waals surface area contributed by atoms with Crippen LogP contribution in [0.1, 0.15) is 36.5 Å². The number of benzene rings is 1. The quantitative estimate of drug-likeness (QED) is 0.730. The minimum atomic E-state index is 0.341. The predicted molar refractivity (Wildman–Crippen MR) is 61.6 cm³/mol. The zero-order chi connectivity index (χ0) is 9.80. The SMILES string of the molecule is BrCc1ccc(C2CCCCO2)cc1. The Morgan fingerprint density at radius 2 is 2.00 bits per heavy atom. The van der Waals surface area contributed by atoms with Crippen molar-refractivity contribution < 1.29 is 4.74 Å². The van der Waals surface area contributed by atoms with Gasteiger partial charge in [-0.25, -0.2) is 0 Å². The molecule has 0 aliphatic carbocycles. The molecule has 1 heterocycles. The Bertz CT molecular complexity index is 275. The third-order valence-corrected chi connectivity index (χ3v) is 3.33. The highest BCUT2D eigenvalue weighted by Gasteiger charge is 2.15. The van der Waals surface area contributed by atoms with Gasteiger partial charge in [-0.05, 0) is 30.4 Å². The monoisotopic (exact) mass is 254 g/mol. The molecular weight excluding hydrogens is 240 g/mol. The lowest BCUT2D eigenvalue weighted by molar-refractivity contribution is 0.0149. The van der Waals surface area contributed by atoms with E-state index in [9.17, 15) is 0 Å². The van der Waals surface area contributed by atoms with Crippen molar-refractivity contribution in [2.45, 2.75) is 30.7 Å². The van der Waals surface area contributed by atoms with Gasteiger partial charge in [0.05, 0.1) is 6.10 Å². The zero-order valence-electron chi connectivity index (χ0n) is 8.21. The molecule has 1 nitrogen and oxygen atoms in total. The second kappa shape index (κ2) is 4.94. The Morgan fingerprint density at radius 1 is 1.21 bits per heavy atom. The molecule has 0 N–H and O–H groups in total. The van der Waals surface area contributed by atoms with Crippen LogP contribution in [-0.4, -0.2) is 6.61 Å². The molecule has 1 fully saturated rings. The average molecular weight is 255 g/mol. The molecule has 2 rings (SSSR count). The summed E-state index contributed by atoms with van der Waals surface area (Å²) in [6.07, 6.45) is 4.03. The zero-order valence-corrected chi connectivity index (χ0v) is 9.79. The van der Waals surface area contributed by atoms with Crippen LogP contribution in [0.4, 0.5) is 0 Å². The Balaban J connectivity index is 2.07. The first kappa shape index (κ1) is 10.2. The summed E-state index contributed by atoms with van der Waals surface area (Å²) in [5.41, 5.74) is 2.65. The van der Waals surface area contributed by atoms with E-state index >= 15 is 0 Å². The first-order valence-electron chi connectivity index (χ1n) is 5.16. The van der Waals surface area contributed by atoms with Gasteiger partial charge in [0, 0.05) is 11.9 Å². The highest BCUT2D eigenvalue weighted by atomic mass is 79.9. The van der Waals surface area contributed by atoms with Crippen molar-refractivity contribution in [3.8, 4) is 0 Å². The molecule has 1 atom stereocenters. The van der Waals surface area contributed by atoms with Crippen molar-refractivity contribution in [1.82, 2.24) is 0 Å². The van der Waals surface area contributed by atoms with E-state index in [-0.39, 0.29) is 0 Å². The maximum atomic E-state index is 5.73. The van der Waals surface area contributed by atoms with Crippen LogP contribution in [0.25, 0.3) is 0 Å². The molecule has 76 valence electrons. The molecule has 0 aromatic heterocycles. The molecule has 1 saturated heterocycles. The van der Waals surface area contributed by atoms with Crippen molar-refractivity contribution in [2.75, 3.05) is 6.61 Å². The fourth-order valence-electron chi connectivity index (χ4n) is 1.82. The average Bonchev–Trinajstić information content (AvgIpc) is 2.30. The minimum absolute atomic E-state index is 0.341. The standard InChI is InChI=1S/C12H15BrO/c13-9-10-4-6-11(7-5-10)12-3-1-2-8-14-12/h4-7,12H,1-3,8-9H2. The summed E-state index contributed by atoms with van der Waals surface area (Å²) in [4.78, 5) is 0. The molecular formula is C12H15BrO. The topological polar surface area (TPSA) is 9.23 Å². The molecule has 0 amide bonds. The molecule has 1 aliphatic heterocycles. The van der Waals surface area contributed by atoms with Crippen LogP contribution < -0.4 is 0 Å². The van der Waals surface area contributed by atoms with E-state index in [1.165, 1.54) is 30.4 Å². The van der Waals surface area contributed by atoms with Crippen LogP contribution in [-0.2, 0) is 10.1 Å². The van der Waals surface area contributed by atoms with E-state index in [2.05, 4.69) is 40.2 Å². The summed E-state index contributed by atoms with van der Waals surface area (Å²) in [5.74, 6) is 0. The normalized spacial score (nSPS) is 22.2. The maximum Gasteiger partial charge on any atom is 0.0824 e. The minimum Gasteiger partial charge on any atom is -0.374 e. The van der Waals surface area contributed by atoms with Crippen LogP contribution in [0.15, 0.2) is 24.3 Å². The Labute approximate surface area is 93.6 Å². The third kappa shape index (κ3) is 2.37. The first-order valence-corrected chi connectivity index (χ1v) is 6.28. The second-order valence-electron chi connectivity index (χ2n) is 3.73. The van der Waals surface area contributed by atoms with Gasteiger partial charge < -0.3 is 4.74 Å². The molecule has 2 heteroatoms. The van der Waals surface area contributed by atoms with Crippen LogP contribution in [0.2, 0.25) is 0 Å². The number of hydrogen-bond acceptors (Lipinski definition) is 1. The number of ether oxygens (including phenoxy) is 1.